The minimum Gasteiger partial charge on any atom is -0.490 e. The number of halogens is 2. The van der Waals surface area contributed by atoms with E-state index in [1.807, 2.05) is 13.0 Å². The van der Waals surface area contributed by atoms with Gasteiger partial charge in [-0.05, 0) is 36.8 Å². The molecule has 1 aliphatic rings. The summed E-state index contributed by atoms with van der Waals surface area (Å²) in [5.74, 6) is -0.00729. The Balaban J connectivity index is 1.69. The van der Waals surface area contributed by atoms with Crippen molar-refractivity contribution in [3.8, 4) is 5.75 Å². The average molecular weight is 395 g/mol. The Bertz CT molecular complexity index is 748. The van der Waals surface area contributed by atoms with Gasteiger partial charge in [-0.25, -0.2) is 0 Å². The molecule has 2 aromatic rings. The van der Waals surface area contributed by atoms with E-state index in [4.69, 9.17) is 16.3 Å². The molecule has 3 rings (SSSR count). The summed E-state index contributed by atoms with van der Waals surface area (Å²) in [5.41, 5.74) is 1.76. The molecule has 0 bridgehead atoms. The highest BCUT2D eigenvalue weighted by Gasteiger charge is 2.34. The molecule has 1 heterocycles. The Morgan fingerprint density at radius 2 is 1.74 bits per heavy atom. The van der Waals surface area contributed by atoms with Crippen LogP contribution in [0.1, 0.15) is 26.3 Å². The van der Waals surface area contributed by atoms with Crippen LogP contribution in [0, 0.1) is 6.92 Å². The maximum atomic E-state index is 12.2. The lowest BCUT2D eigenvalue weighted by atomic mass is 10.1. The van der Waals surface area contributed by atoms with Crippen molar-refractivity contribution < 1.29 is 14.3 Å². The molecule has 0 spiro atoms. The Labute approximate surface area is 147 Å². The second kappa shape index (κ2) is 6.34. The summed E-state index contributed by atoms with van der Waals surface area (Å²) in [6.07, 6.45) is 0. The van der Waals surface area contributed by atoms with Crippen LogP contribution in [0.3, 0.4) is 0 Å². The van der Waals surface area contributed by atoms with Gasteiger partial charge in [-0.3, -0.25) is 14.5 Å². The summed E-state index contributed by atoms with van der Waals surface area (Å²) < 4.78 is 6.55. The number of benzene rings is 2. The quantitative estimate of drug-likeness (QED) is 0.734. The summed E-state index contributed by atoms with van der Waals surface area (Å²) in [4.78, 5) is 25.7. The minimum absolute atomic E-state index is 0.179. The van der Waals surface area contributed by atoms with Crippen LogP contribution >= 0.6 is 27.5 Å². The van der Waals surface area contributed by atoms with Gasteiger partial charge in [0.05, 0.1) is 22.7 Å². The third kappa shape index (κ3) is 2.99. The predicted molar refractivity (Wildman–Crippen MR) is 91.2 cm³/mol. The number of carbonyl (C=O) groups is 2. The molecule has 0 aromatic heterocycles. The van der Waals surface area contributed by atoms with E-state index in [0.29, 0.717) is 21.9 Å². The molecular formula is C17H13BrClNO3. The summed E-state index contributed by atoms with van der Waals surface area (Å²) >= 11 is 9.52. The van der Waals surface area contributed by atoms with E-state index in [1.54, 1.807) is 30.3 Å². The summed E-state index contributed by atoms with van der Waals surface area (Å²) in [6.45, 7) is 2.25. The molecule has 0 saturated carbocycles. The Kier molecular flexibility index (Phi) is 4.41. The molecule has 4 nitrogen and oxygen atoms in total. The van der Waals surface area contributed by atoms with Crippen molar-refractivity contribution >= 4 is 39.3 Å². The fourth-order valence-electron chi connectivity index (χ4n) is 2.55. The summed E-state index contributed by atoms with van der Waals surface area (Å²) in [5, 5.41) is 0.485. The molecule has 0 aliphatic carbocycles. The third-order valence-electron chi connectivity index (χ3n) is 3.63. The number of aryl methyl sites for hydroxylation is 1. The first-order valence-corrected chi connectivity index (χ1v) is 8.20. The van der Waals surface area contributed by atoms with Crippen molar-refractivity contribution in [2.75, 3.05) is 13.2 Å². The number of nitrogens with zero attached hydrogens (tertiary/aromatic N) is 1. The number of hydrogen-bond acceptors (Lipinski definition) is 3. The van der Waals surface area contributed by atoms with Gasteiger partial charge in [-0.1, -0.05) is 39.7 Å². The minimum atomic E-state index is -0.284. The predicted octanol–water partition coefficient (Wildman–Crippen LogP) is 4.09. The lowest BCUT2D eigenvalue weighted by molar-refractivity contribution is 0.0631. The van der Waals surface area contributed by atoms with Crippen molar-refractivity contribution in [1.29, 1.82) is 0 Å². The van der Waals surface area contributed by atoms with Crippen LogP contribution in [0.5, 0.6) is 5.75 Å². The first-order valence-electron chi connectivity index (χ1n) is 7.02. The number of amides is 2. The van der Waals surface area contributed by atoms with Gasteiger partial charge in [0.1, 0.15) is 12.4 Å². The maximum Gasteiger partial charge on any atom is 0.261 e. The second-order valence-corrected chi connectivity index (χ2v) is 6.51. The first-order chi connectivity index (χ1) is 11.0. The smallest absolute Gasteiger partial charge is 0.261 e. The average Bonchev–Trinajstić information content (AvgIpc) is 2.75. The molecule has 6 heteroatoms. The third-order valence-corrected chi connectivity index (χ3v) is 4.37. The van der Waals surface area contributed by atoms with E-state index < -0.39 is 0 Å². The number of ether oxygens (including phenoxy) is 1. The number of hydrogen-bond donors (Lipinski definition) is 0. The van der Waals surface area contributed by atoms with E-state index in [0.717, 1.165) is 10.0 Å². The zero-order valence-corrected chi connectivity index (χ0v) is 14.6. The van der Waals surface area contributed by atoms with Crippen LogP contribution in [0.25, 0.3) is 0 Å². The zero-order chi connectivity index (χ0) is 16.6. The second-order valence-electron chi connectivity index (χ2n) is 5.19. The highest BCUT2D eigenvalue weighted by Crippen LogP contribution is 2.32. The molecule has 0 fully saturated rings. The van der Waals surface area contributed by atoms with E-state index in [9.17, 15) is 9.59 Å². The highest BCUT2D eigenvalue weighted by molar-refractivity contribution is 9.10. The summed E-state index contributed by atoms with van der Waals surface area (Å²) in [7, 11) is 0. The number of carbonyl (C=O) groups excluding carboxylic acids is 2. The molecule has 1 aliphatic heterocycles. The van der Waals surface area contributed by atoms with E-state index in [1.165, 1.54) is 4.90 Å². The van der Waals surface area contributed by atoms with Gasteiger partial charge < -0.3 is 4.74 Å². The molecule has 0 N–H and O–H groups in total. The molecular weight excluding hydrogens is 382 g/mol. The lowest BCUT2D eigenvalue weighted by Gasteiger charge is -2.16. The largest absolute Gasteiger partial charge is 0.490 e. The summed E-state index contributed by atoms with van der Waals surface area (Å²) in [6, 6.07) is 10.4. The van der Waals surface area contributed by atoms with Crippen molar-refractivity contribution in [2.24, 2.45) is 0 Å². The number of imide groups is 1. The van der Waals surface area contributed by atoms with Crippen LogP contribution in [0.4, 0.5) is 0 Å². The van der Waals surface area contributed by atoms with E-state index >= 15 is 0 Å². The van der Waals surface area contributed by atoms with Crippen molar-refractivity contribution in [3.05, 3.63) is 62.6 Å². The number of rotatable bonds is 4. The van der Waals surface area contributed by atoms with Crippen LogP contribution in [0.2, 0.25) is 5.02 Å². The van der Waals surface area contributed by atoms with Gasteiger partial charge in [-0.15, -0.1) is 0 Å². The standard InChI is InChI=1S/C17H13BrClNO3/c1-10-8-11(18)9-14(19)15(10)23-7-6-20-16(21)12-4-2-3-5-13(12)17(20)22/h2-5,8-9H,6-7H2,1H3. The van der Waals surface area contributed by atoms with E-state index in [2.05, 4.69) is 15.9 Å². The number of fused-ring (bicyclic) bond motifs is 1. The topological polar surface area (TPSA) is 46.6 Å². The zero-order valence-electron chi connectivity index (χ0n) is 12.3. The Morgan fingerprint density at radius 3 is 2.30 bits per heavy atom. The van der Waals surface area contributed by atoms with Crippen LogP contribution in [-0.4, -0.2) is 29.9 Å². The molecule has 0 unspecified atom stereocenters. The highest BCUT2D eigenvalue weighted by atomic mass is 79.9. The Hall–Kier alpha value is -1.85. The van der Waals surface area contributed by atoms with Crippen molar-refractivity contribution in [1.82, 2.24) is 4.90 Å². The molecule has 0 radical (unpaired) electrons. The molecule has 23 heavy (non-hydrogen) atoms. The van der Waals surface area contributed by atoms with Gasteiger partial charge in [-0.2, -0.15) is 0 Å². The van der Waals surface area contributed by atoms with E-state index in [-0.39, 0.29) is 25.0 Å². The van der Waals surface area contributed by atoms with Gasteiger partial charge in [0.25, 0.3) is 11.8 Å². The van der Waals surface area contributed by atoms with Gasteiger partial charge in [0, 0.05) is 4.47 Å². The molecule has 2 amide bonds. The van der Waals surface area contributed by atoms with Crippen molar-refractivity contribution in [2.45, 2.75) is 6.92 Å². The molecule has 118 valence electrons. The van der Waals surface area contributed by atoms with Gasteiger partial charge >= 0.3 is 0 Å². The van der Waals surface area contributed by atoms with Crippen LogP contribution < -0.4 is 4.74 Å². The fraction of sp³-hybridized carbons (Fsp3) is 0.176. The van der Waals surface area contributed by atoms with Crippen LogP contribution in [0.15, 0.2) is 40.9 Å². The lowest BCUT2D eigenvalue weighted by Crippen LogP contribution is -2.33. The maximum absolute atomic E-state index is 12.2. The molecule has 0 atom stereocenters. The first kappa shape index (κ1) is 16.0. The molecule has 2 aromatic carbocycles. The van der Waals surface area contributed by atoms with Crippen molar-refractivity contribution in [3.63, 3.8) is 0 Å². The van der Waals surface area contributed by atoms with Gasteiger partial charge in [0.2, 0.25) is 0 Å². The Morgan fingerprint density at radius 1 is 1.13 bits per heavy atom. The molecule has 0 saturated heterocycles. The fourth-order valence-corrected chi connectivity index (χ4v) is 3.58. The van der Waals surface area contributed by atoms with Gasteiger partial charge in [0.15, 0.2) is 0 Å². The monoisotopic (exact) mass is 393 g/mol. The van der Waals surface area contributed by atoms with Crippen LogP contribution in [-0.2, 0) is 0 Å². The SMILES string of the molecule is Cc1cc(Br)cc(Cl)c1OCCN1C(=O)c2ccccc2C1=O. The normalized spacial score (nSPS) is 13.4.